The predicted octanol–water partition coefficient (Wildman–Crippen LogP) is 10.2. The summed E-state index contributed by atoms with van der Waals surface area (Å²) in [6.45, 7) is 18.9. The van der Waals surface area contributed by atoms with E-state index in [0.717, 1.165) is 23.4 Å². The van der Waals surface area contributed by atoms with Gasteiger partial charge in [-0.25, -0.2) is 0 Å². The van der Waals surface area contributed by atoms with Crippen molar-refractivity contribution < 1.29 is 0 Å². The van der Waals surface area contributed by atoms with Crippen LogP contribution < -0.4 is 5.73 Å². The van der Waals surface area contributed by atoms with Crippen LogP contribution in [0.25, 0.3) is 0 Å². The van der Waals surface area contributed by atoms with Crippen LogP contribution in [-0.2, 0) is 19.3 Å². The van der Waals surface area contributed by atoms with E-state index in [0.29, 0.717) is 0 Å². The third kappa shape index (κ3) is 9.29. The minimum Gasteiger partial charge on any atom is -0.398 e. The molecular weight excluding hydrogens is 398 g/mol. The molecule has 1 heteroatoms. The van der Waals surface area contributed by atoms with Gasteiger partial charge < -0.3 is 5.73 Å². The minimum atomic E-state index is 0.763. The number of nitrogen functional groups attached to an aromatic ring is 1. The number of nitrogens with two attached hydrogens (primary N) is 1. The van der Waals surface area contributed by atoms with Crippen molar-refractivity contribution in [2.75, 3.05) is 5.73 Å². The van der Waals surface area contributed by atoms with Crippen LogP contribution >= 0.6 is 0 Å². The lowest BCUT2D eigenvalue weighted by atomic mass is 9.78. The monoisotopic (exact) mass is 457 g/mol. The molecule has 33 heavy (non-hydrogen) atoms. The Balaban J connectivity index is 3.45. The van der Waals surface area contributed by atoms with Gasteiger partial charge >= 0.3 is 0 Å². The largest absolute Gasteiger partial charge is 0.398 e. The first-order valence-corrected chi connectivity index (χ1v) is 14.8. The van der Waals surface area contributed by atoms with Crippen LogP contribution in [0.2, 0.25) is 0 Å². The third-order valence-electron chi connectivity index (χ3n) is 8.56. The van der Waals surface area contributed by atoms with Gasteiger partial charge in [-0.05, 0) is 78.7 Å². The molecule has 0 saturated carbocycles. The number of hydrogen-bond donors (Lipinski definition) is 1. The van der Waals surface area contributed by atoms with E-state index in [1.54, 1.807) is 16.7 Å². The summed E-state index contributed by atoms with van der Waals surface area (Å²) in [4.78, 5) is 0. The summed E-state index contributed by atoms with van der Waals surface area (Å²) < 4.78 is 0. The van der Waals surface area contributed by atoms with Gasteiger partial charge in [-0.3, -0.25) is 0 Å². The van der Waals surface area contributed by atoms with Gasteiger partial charge in [0.25, 0.3) is 0 Å². The molecule has 0 heterocycles. The van der Waals surface area contributed by atoms with E-state index in [1.807, 2.05) is 0 Å². The second-order valence-electron chi connectivity index (χ2n) is 11.0. The van der Waals surface area contributed by atoms with E-state index in [4.69, 9.17) is 5.73 Å². The zero-order valence-electron chi connectivity index (χ0n) is 23.9. The average Bonchev–Trinajstić information content (AvgIpc) is 2.83. The fourth-order valence-electron chi connectivity index (χ4n) is 5.74. The molecule has 192 valence electrons. The quantitative estimate of drug-likeness (QED) is 0.218. The smallest absolute Gasteiger partial charge is 0.0382 e. The zero-order chi connectivity index (χ0) is 24.8. The van der Waals surface area contributed by atoms with E-state index in [9.17, 15) is 0 Å². The van der Waals surface area contributed by atoms with Crippen LogP contribution in [0.4, 0.5) is 5.69 Å². The van der Waals surface area contributed by atoms with E-state index in [2.05, 4.69) is 55.4 Å². The van der Waals surface area contributed by atoms with E-state index in [1.165, 1.54) is 107 Å². The second-order valence-corrected chi connectivity index (χ2v) is 11.0. The van der Waals surface area contributed by atoms with Gasteiger partial charge in [0.15, 0.2) is 0 Å². The van der Waals surface area contributed by atoms with Crippen LogP contribution in [0.15, 0.2) is 0 Å². The topological polar surface area (TPSA) is 26.0 Å². The Labute approximate surface area is 208 Å². The van der Waals surface area contributed by atoms with Gasteiger partial charge in [0.2, 0.25) is 0 Å². The summed E-state index contributed by atoms with van der Waals surface area (Å²) in [6, 6.07) is 0. The van der Waals surface area contributed by atoms with Crippen molar-refractivity contribution in [3.8, 4) is 0 Å². The SMILES string of the molecule is CCCCC(CC)Cc1c(C)c(CC(CC)CCCC)c(CC(CC)CCCC)c(C)c1N. The fraction of sp³-hybridized carbons (Fsp3) is 0.812. The molecular formula is C32H59N. The summed E-state index contributed by atoms with van der Waals surface area (Å²) in [5.74, 6) is 2.35. The standard InChI is InChI=1S/C32H59N/c1-9-15-18-26(12-4)21-29-24(7)31(23-28(14-6)20-17-11-3)32(33)25(8)30(29)22-27(13-5)19-16-10-2/h26-28H,9-23,33H2,1-8H3. The average molecular weight is 458 g/mol. The van der Waals surface area contributed by atoms with Gasteiger partial charge in [-0.2, -0.15) is 0 Å². The molecule has 3 unspecified atom stereocenters. The zero-order valence-corrected chi connectivity index (χ0v) is 23.9. The number of benzene rings is 1. The molecule has 2 N–H and O–H groups in total. The Morgan fingerprint density at radius 1 is 0.515 bits per heavy atom. The van der Waals surface area contributed by atoms with Crippen molar-refractivity contribution in [2.24, 2.45) is 17.8 Å². The van der Waals surface area contributed by atoms with Crippen LogP contribution in [0.5, 0.6) is 0 Å². The van der Waals surface area contributed by atoms with Crippen molar-refractivity contribution >= 4 is 5.69 Å². The molecule has 0 fully saturated rings. The molecule has 0 spiro atoms. The van der Waals surface area contributed by atoms with Crippen molar-refractivity contribution in [3.63, 3.8) is 0 Å². The summed E-state index contributed by atoms with van der Waals surface area (Å²) in [7, 11) is 0. The first-order chi connectivity index (χ1) is 15.9. The normalized spacial score (nSPS) is 14.4. The Hall–Kier alpha value is -0.980. The summed E-state index contributed by atoms with van der Waals surface area (Å²) in [6.07, 6.45) is 19.5. The van der Waals surface area contributed by atoms with E-state index >= 15 is 0 Å². The molecule has 0 aliphatic rings. The molecule has 1 nitrogen and oxygen atoms in total. The molecule has 1 aromatic carbocycles. The summed E-state index contributed by atoms with van der Waals surface area (Å²) in [5, 5.41) is 0. The van der Waals surface area contributed by atoms with Crippen molar-refractivity contribution in [2.45, 2.75) is 152 Å². The predicted molar refractivity (Wildman–Crippen MR) is 151 cm³/mol. The van der Waals surface area contributed by atoms with Crippen molar-refractivity contribution in [1.29, 1.82) is 0 Å². The highest BCUT2D eigenvalue weighted by molar-refractivity contribution is 5.63. The lowest BCUT2D eigenvalue weighted by Gasteiger charge is -2.28. The third-order valence-corrected chi connectivity index (χ3v) is 8.56. The molecule has 1 rings (SSSR count). The molecule has 0 aliphatic heterocycles. The van der Waals surface area contributed by atoms with E-state index < -0.39 is 0 Å². The Bertz CT molecular complexity index is 659. The highest BCUT2D eigenvalue weighted by Gasteiger charge is 2.23. The molecule has 0 amide bonds. The number of unbranched alkanes of at least 4 members (excludes halogenated alkanes) is 3. The molecule has 0 aromatic heterocycles. The maximum Gasteiger partial charge on any atom is 0.0382 e. The van der Waals surface area contributed by atoms with Crippen LogP contribution in [0.3, 0.4) is 0 Å². The molecule has 0 bridgehead atoms. The van der Waals surface area contributed by atoms with Gasteiger partial charge in [0.05, 0.1) is 0 Å². The van der Waals surface area contributed by atoms with Crippen LogP contribution in [-0.4, -0.2) is 0 Å². The maximum atomic E-state index is 6.95. The Kier molecular flexibility index (Phi) is 15.1. The summed E-state index contributed by atoms with van der Waals surface area (Å²) >= 11 is 0. The summed E-state index contributed by atoms with van der Waals surface area (Å²) in [5.41, 5.74) is 15.8. The van der Waals surface area contributed by atoms with Crippen molar-refractivity contribution in [3.05, 3.63) is 27.8 Å². The Morgan fingerprint density at radius 3 is 1.18 bits per heavy atom. The highest BCUT2D eigenvalue weighted by atomic mass is 14.6. The first-order valence-electron chi connectivity index (χ1n) is 14.8. The lowest BCUT2D eigenvalue weighted by Crippen LogP contribution is -2.17. The van der Waals surface area contributed by atoms with Gasteiger partial charge in [-0.1, -0.05) is 119 Å². The first kappa shape index (κ1) is 30.1. The molecule has 3 atom stereocenters. The fourth-order valence-corrected chi connectivity index (χ4v) is 5.74. The Morgan fingerprint density at radius 2 is 0.848 bits per heavy atom. The number of rotatable bonds is 18. The molecule has 0 aliphatic carbocycles. The van der Waals surface area contributed by atoms with Crippen molar-refractivity contribution in [1.82, 2.24) is 0 Å². The van der Waals surface area contributed by atoms with Gasteiger partial charge in [0, 0.05) is 5.69 Å². The van der Waals surface area contributed by atoms with Gasteiger partial charge in [-0.15, -0.1) is 0 Å². The van der Waals surface area contributed by atoms with Crippen LogP contribution in [0, 0.1) is 31.6 Å². The number of anilines is 1. The van der Waals surface area contributed by atoms with Crippen LogP contribution in [0.1, 0.15) is 146 Å². The molecule has 0 saturated heterocycles. The lowest BCUT2D eigenvalue weighted by molar-refractivity contribution is 0.431. The second kappa shape index (κ2) is 16.6. The van der Waals surface area contributed by atoms with Gasteiger partial charge in [0.1, 0.15) is 0 Å². The maximum absolute atomic E-state index is 6.95. The van der Waals surface area contributed by atoms with E-state index in [-0.39, 0.29) is 0 Å². The molecule has 1 aromatic rings. The highest BCUT2D eigenvalue weighted by Crippen LogP contribution is 2.37. The minimum absolute atomic E-state index is 0.763. The molecule has 0 radical (unpaired) electrons. The number of hydrogen-bond acceptors (Lipinski definition) is 1.